The smallest absolute Gasteiger partial charge is 0.258 e. The Labute approximate surface area is 133 Å². The third kappa shape index (κ3) is 3.30. The Bertz CT molecular complexity index is 697. The molecule has 0 spiro atoms. The molecule has 2 rings (SSSR count). The van der Waals surface area contributed by atoms with Gasteiger partial charge in [0.25, 0.3) is 5.91 Å². The molecule has 118 valence electrons. The second-order valence-corrected chi connectivity index (χ2v) is 5.97. The van der Waals surface area contributed by atoms with Gasteiger partial charge in [0.15, 0.2) is 0 Å². The summed E-state index contributed by atoms with van der Waals surface area (Å²) < 4.78 is 19.1. The van der Waals surface area contributed by atoms with Crippen molar-refractivity contribution in [3.05, 3.63) is 51.6 Å². The fourth-order valence-corrected chi connectivity index (χ4v) is 2.27. The predicted molar refractivity (Wildman–Crippen MR) is 82.5 cm³/mol. The number of benzene rings is 1. The van der Waals surface area contributed by atoms with E-state index in [0.29, 0.717) is 11.3 Å². The molecule has 0 saturated carbocycles. The van der Waals surface area contributed by atoms with Gasteiger partial charge in [0.05, 0.1) is 17.1 Å². The zero-order chi connectivity index (χ0) is 16.4. The van der Waals surface area contributed by atoms with Crippen molar-refractivity contribution < 1.29 is 13.7 Å². The summed E-state index contributed by atoms with van der Waals surface area (Å²) in [7, 11) is 1.57. The van der Waals surface area contributed by atoms with Crippen LogP contribution in [0.2, 0.25) is 5.02 Å². The van der Waals surface area contributed by atoms with Crippen LogP contribution in [-0.2, 0) is 6.54 Å². The van der Waals surface area contributed by atoms with Crippen molar-refractivity contribution in [1.82, 2.24) is 10.1 Å². The maximum atomic E-state index is 13.9. The molecule has 1 amide bonds. The number of carbonyl (C=O) groups excluding carboxylic acids is 1. The topological polar surface area (TPSA) is 46.3 Å². The molecule has 6 heteroatoms. The molecule has 1 heterocycles. The molecule has 1 aromatic carbocycles. The first-order chi connectivity index (χ1) is 10.3. The van der Waals surface area contributed by atoms with Crippen LogP contribution in [0.25, 0.3) is 0 Å². The summed E-state index contributed by atoms with van der Waals surface area (Å²) in [4.78, 5) is 13.8. The van der Waals surface area contributed by atoms with E-state index in [1.165, 1.54) is 11.0 Å². The lowest BCUT2D eigenvalue weighted by Gasteiger charge is -2.17. The van der Waals surface area contributed by atoms with Crippen molar-refractivity contribution in [2.75, 3.05) is 7.05 Å². The molecule has 0 aliphatic carbocycles. The normalized spacial score (nSPS) is 11.0. The lowest BCUT2D eigenvalue weighted by atomic mass is 10.1. The van der Waals surface area contributed by atoms with Gasteiger partial charge in [-0.25, -0.2) is 4.39 Å². The molecule has 1 aromatic heterocycles. The second-order valence-electron chi connectivity index (χ2n) is 5.59. The van der Waals surface area contributed by atoms with Crippen LogP contribution in [0.15, 0.2) is 22.7 Å². The Hall–Kier alpha value is -1.88. The number of halogens is 2. The second kappa shape index (κ2) is 6.48. The molecule has 0 unspecified atom stereocenters. The number of hydrogen-bond donors (Lipinski definition) is 0. The molecule has 0 N–H and O–H groups in total. The highest BCUT2D eigenvalue weighted by atomic mass is 35.5. The van der Waals surface area contributed by atoms with Gasteiger partial charge in [-0.3, -0.25) is 4.79 Å². The maximum Gasteiger partial charge on any atom is 0.258 e. The maximum absolute atomic E-state index is 13.9. The van der Waals surface area contributed by atoms with Crippen LogP contribution in [-0.4, -0.2) is 23.0 Å². The fraction of sp³-hybridized carbons (Fsp3) is 0.375. The van der Waals surface area contributed by atoms with E-state index >= 15 is 0 Å². The van der Waals surface area contributed by atoms with Gasteiger partial charge >= 0.3 is 0 Å². The van der Waals surface area contributed by atoms with Crippen LogP contribution < -0.4 is 0 Å². The number of rotatable bonds is 4. The first kappa shape index (κ1) is 16.5. The van der Waals surface area contributed by atoms with Crippen LogP contribution in [0.4, 0.5) is 4.39 Å². The van der Waals surface area contributed by atoms with Crippen molar-refractivity contribution in [2.45, 2.75) is 33.2 Å². The molecule has 0 fully saturated rings. The Balaban J connectivity index is 2.20. The average molecular weight is 325 g/mol. The van der Waals surface area contributed by atoms with E-state index in [0.717, 1.165) is 5.76 Å². The van der Waals surface area contributed by atoms with Gasteiger partial charge in [-0.2, -0.15) is 0 Å². The monoisotopic (exact) mass is 324 g/mol. The summed E-state index contributed by atoms with van der Waals surface area (Å²) >= 11 is 6.06. The SMILES string of the molecule is Cc1ccc(F)c(C(=O)N(C)Cc2cc(C(C)C)on2)c1Cl. The van der Waals surface area contributed by atoms with Crippen LogP contribution in [0, 0.1) is 12.7 Å². The van der Waals surface area contributed by atoms with Crippen LogP contribution in [0.5, 0.6) is 0 Å². The van der Waals surface area contributed by atoms with Crippen molar-refractivity contribution in [1.29, 1.82) is 0 Å². The zero-order valence-electron chi connectivity index (χ0n) is 13.0. The Morgan fingerprint density at radius 1 is 1.45 bits per heavy atom. The van der Waals surface area contributed by atoms with Crippen molar-refractivity contribution in [2.24, 2.45) is 0 Å². The van der Waals surface area contributed by atoms with E-state index < -0.39 is 11.7 Å². The summed E-state index contributed by atoms with van der Waals surface area (Å²) in [6.07, 6.45) is 0. The third-order valence-corrected chi connectivity index (χ3v) is 3.88. The number of amides is 1. The highest BCUT2D eigenvalue weighted by molar-refractivity contribution is 6.34. The quantitative estimate of drug-likeness (QED) is 0.848. The molecular formula is C16H18ClFN2O2. The Morgan fingerprint density at radius 2 is 2.14 bits per heavy atom. The standard InChI is InChI=1S/C16H18ClFN2O2/c1-9(2)13-7-11(19-22-13)8-20(4)16(21)14-12(18)6-5-10(3)15(14)17/h5-7,9H,8H2,1-4H3. The fourth-order valence-electron chi connectivity index (χ4n) is 2.03. The van der Waals surface area contributed by atoms with Crippen LogP contribution in [0.1, 0.15) is 47.1 Å². The van der Waals surface area contributed by atoms with Gasteiger partial charge in [0, 0.05) is 19.0 Å². The van der Waals surface area contributed by atoms with E-state index in [-0.39, 0.29) is 23.0 Å². The molecule has 2 aromatic rings. The minimum absolute atomic E-state index is 0.114. The van der Waals surface area contributed by atoms with Crippen molar-refractivity contribution in [3.63, 3.8) is 0 Å². The molecule has 0 radical (unpaired) electrons. The van der Waals surface area contributed by atoms with Gasteiger partial charge in [0.1, 0.15) is 17.3 Å². The van der Waals surface area contributed by atoms with Gasteiger partial charge < -0.3 is 9.42 Å². The number of aromatic nitrogens is 1. The number of carbonyl (C=O) groups is 1. The highest BCUT2D eigenvalue weighted by Crippen LogP contribution is 2.25. The number of aryl methyl sites for hydroxylation is 1. The molecule has 0 aliphatic rings. The summed E-state index contributed by atoms with van der Waals surface area (Å²) in [6, 6.07) is 4.58. The summed E-state index contributed by atoms with van der Waals surface area (Å²) in [6.45, 7) is 5.92. The molecular weight excluding hydrogens is 307 g/mol. The van der Waals surface area contributed by atoms with Crippen LogP contribution in [0.3, 0.4) is 0 Å². The zero-order valence-corrected chi connectivity index (χ0v) is 13.7. The molecule has 0 aliphatic heterocycles. The first-order valence-electron chi connectivity index (χ1n) is 6.96. The first-order valence-corrected chi connectivity index (χ1v) is 7.34. The van der Waals surface area contributed by atoms with Crippen LogP contribution >= 0.6 is 11.6 Å². The molecule has 22 heavy (non-hydrogen) atoms. The minimum Gasteiger partial charge on any atom is -0.361 e. The molecule has 4 nitrogen and oxygen atoms in total. The summed E-state index contributed by atoms with van der Waals surface area (Å²) in [5.74, 6) is -0.155. The largest absolute Gasteiger partial charge is 0.361 e. The van der Waals surface area contributed by atoms with E-state index in [9.17, 15) is 9.18 Å². The van der Waals surface area contributed by atoms with E-state index in [1.54, 1.807) is 26.1 Å². The number of nitrogens with zero attached hydrogens (tertiary/aromatic N) is 2. The van der Waals surface area contributed by atoms with Crippen molar-refractivity contribution >= 4 is 17.5 Å². The molecule has 0 bridgehead atoms. The third-order valence-electron chi connectivity index (χ3n) is 3.39. The summed E-state index contributed by atoms with van der Waals surface area (Å²) in [5.41, 5.74) is 1.16. The minimum atomic E-state index is -0.629. The Morgan fingerprint density at radius 3 is 2.73 bits per heavy atom. The van der Waals surface area contributed by atoms with Gasteiger partial charge in [0.2, 0.25) is 0 Å². The van der Waals surface area contributed by atoms with Gasteiger partial charge in [-0.05, 0) is 18.6 Å². The van der Waals surface area contributed by atoms with Gasteiger partial charge in [-0.15, -0.1) is 0 Å². The Kier molecular flexibility index (Phi) is 4.86. The molecule has 0 saturated heterocycles. The van der Waals surface area contributed by atoms with E-state index in [1.807, 2.05) is 13.8 Å². The average Bonchev–Trinajstić information content (AvgIpc) is 2.92. The predicted octanol–water partition coefficient (Wildman–Crippen LogP) is 4.17. The van der Waals surface area contributed by atoms with Gasteiger partial charge in [-0.1, -0.05) is 36.7 Å². The van der Waals surface area contributed by atoms with E-state index in [4.69, 9.17) is 16.1 Å². The summed E-state index contributed by atoms with van der Waals surface area (Å²) in [5, 5.41) is 4.06. The number of hydrogen-bond acceptors (Lipinski definition) is 3. The lowest BCUT2D eigenvalue weighted by Crippen LogP contribution is -2.27. The lowest BCUT2D eigenvalue weighted by molar-refractivity contribution is 0.0777. The van der Waals surface area contributed by atoms with E-state index in [2.05, 4.69) is 5.16 Å². The highest BCUT2D eigenvalue weighted by Gasteiger charge is 2.22. The molecule has 0 atom stereocenters. The van der Waals surface area contributed by atoms with Crippen molar-refractivity contribution in [3.8, 4) is 0 Å².